The molecule has 1 aliphatic heterocycles. The van der Waals surface area contributed by atoms with Crippen molar-refractivity contribution in [1.29, 1.82) is 0 Å². The Labute approximate surface area is 119 Å². The van der Waals surface area contributed by atoms with Gasteiger partial charge in [0.25, 0.3) is 0 Å². The van der Waals surface area contributed by atoms with Crippen LogP contribution in [-0.2, 0) is 6.54 Å². The van der Waals surface area contributed by atoms with E-state index < -0.39 is 0 Å². The predicted molar refractivity (Wildman–Crippen MR) is 78.3 cm³/mol. The van der Waals surface area contributed by atoms with E-state index in [4.69, 9.17) is 0 Å². The van der Waals surface area contributed by atoms with Crippen molar-refractivity contribution < 1.29 is 9.50 Å². The molecule has 3 nitrogen and oxygen atoms in total. The maximum atomic E-state index is 14.2. The number of halogens is 1. The van der Waals surface area contributed by atoms with Gasteiger partial charge in [-0.2, -0.15) is 0 Å². The van der Waals surface area contributed by atoms with Crippen LogP contribution in [0.1, 0.15) is 37.7 Å². The molecule has 0 radical (unpaired) electrons. The number of rotatable bonds is 4. The summed E-state index contributed by atoms with van der Waals surface area (Å²) in [5.41, 5.74) is 1.68. The minimum atomic E-state index is -0.222. The van der Waals surface area contributed by atoms with Crippen LogP contribution in [0, 0.1) is 5.82 Å². The van der Waals surface area contributed by atoms with E-state index in [0.717, 1.165) is 38.0 Å². The Kier molecular flexibility index (Phi) is 4.22. The summed E-state index contributed by atoms with van der Waals surface area (Å²) in [5, 5.41) is 13.0. The lowest BCUT2D eigenvalue weighted by molar-refractivity contribution is 0.145. The molecular weight excluding hydrogens is 255 g/mol. The molecule has 3 rings (SSSR count). The number of anilines is 1. The Bertz CT molecular complexity index is 454. The van der Waals surface area contributed by atoms with Gasteiger partial charge in [-0.15, -0.1) is 0 Å². The van der Waals surface area contributed by atoms with Crippen molar-refractivity contribution in [3.63, 3.8) is 0 Å². The Morgan fingerprint density at radius 3 is 2.55 bits per heavy atom. The van der Waals surface area contributed by atoms with Crippen LogP contribution >= 0.6 is 0 Å². The summed E-state index contributed by atoms with van der Waals surface area (Å²) in [7, 11) is 0. The van der Waals surface area contributed by atoms with Gasteiger partial charge in [0.05, 0.1) is 11.8 Å². The van der Waals surface area contributed by atoms with Gasteiger partial charge in [0.2, 0.25) is 0 Å². The lowest BCUT2D eigenvalue weighted by atomic mass is 9.93. The Hall–Kier alpha value is -1.13. The van der Waals surface area contributed by atoms with Gasteiger partial charge in [-0.25, -0.2) is 4.39 Å². The number of aliphatic hydroxyl groups excluding tert-OH is 1. The highest BCUT2D eigenvalue weighted by atomic mass is 19.1. The van der Waals surface area contributed by atoms with Gasteiger partial charge in [0.1, 0.15) is 5.82 Å². The lowest BCUT2D eigenvalue weighted by Crippen LogP contribution is -2.36. The molecule has 2 N–H and O–H groups in total. The third-order valence-electron chi connectivity index (χ3n) is 4.52. The summed E-state index contributed by atoms with van der Waals surface area (Å²) < 4.78 is 14.2. The van der Waals surface area contributed by atoms with Crippen molar-refractivity contribution in [3.05, 3.63) is 29.6 Å². The SMILES string of the molecule is OC1CCN(c2ccc(CNC3CCC3)cc2F)CC1. The zero-order valence-electron chi connectivity index (χ0n) is 11.8. The minimum Gasteiger partial charge on any atom is -0.393 e. The van der Waals surface area contributed by atoms with Gasteiger partial charge >= 0.3 is 0 Å². The molecule has 1 saturated carbocycles. The van der Waals surface area contributed by atoms with Gasteiger partial charge in [-0.1, -0.05) is 12.5 Å². The summed E-state index contributed by atoms with van der Waals surface area (Å²) in [6.45, 7) is 2.22. The minimum absolute atomic E-state index is 0.144. The second-order valence-corrected chi connectivity index (χ2v) is 6.01. The highest BCUT2D eigenvalue weighted by Crippen LogP contribution is 2.25. The molecule has 0 spiro atoms. The number of piperidine rings is 1. The van der Waals surface area contributed by atoms with E-state index in [1.54, 1.807) is 6.07 Å². The smallest absolute Gasteiger partial charge is 0.146 e. The summed E-state index contributed by atoms with van der Waals surface area (Å²) in [5.74, 6) is -0.144. The summed E-state index contributed by atoms with van der Waals surface area (Å²) >= 11 is 0. The third-order valence-corrected chi connectivity index (χ3v) is 4.52. The quantitative estimate of drug-likeness (QED) is 0.888. The van der Waals surface area contributed by atoms with Crippen LogP contribution < -0.4 is 10.2 Å². The molecule has 2 aliphatic rings. The molecule has 2 fully saturated rings. The van der Waals surface area contributed by atoms with Crippen molar-refractivity contribution >= 4 is 5.69 Å². The summed E-state index contributed by atoms with van der Waals surface area (Å²) in [6, 6.07) is 6.16. The molecule has 4 heteroatoms. The highest BCUT2D eigenvalue weighted by molar-refractivity contribution is 5.49. The number of hydrogen-bond acceptors (Lipinski definition) is 3. The number of nitrogens with one attached hydrogen (secondary N) is 1. The second kappa shape index (κ2) is 6.10. The van der Waals surface area contributed by atoms with E-state index in [-0.39, 0.29) is 11.9 Å². The zero-order chi connectivity index (χ0) is 13.9. The van der Waals surface area contributed by atoms with E-state index in [1.165, 1.54) is 19.3 Å². The van der Waals surface area contributed by atoms with Crippen LogP contribution in [0.5, 0.6) is 0 Å². The Morgan fingerprint density at radius 1 is 1.20 bits per heavy atom. The number of benzene rings is 1. The van der Waals surface area contributed by atoms with Gasteiger partial charge in [-0.3, -0.25) is 0 Å². The average Bonchev–Trinajstić information content (AvgIpc) is 2.38. The first-order chi connectivity index (χ1) is 9.72. The molecule has 1 aromatic carbocycles. The fraction of sp³-hybridized carbons (Fsp3) is 0.625. The van der Waals surface area contributed by atoms with E-state index in [1.807, 2.05) is 17.0 Å². The molecule has 0 unspecified atom stereocenters. The van der Waals surface area contributed by atoms with E-state index in [2.05, 4.69) is 5.32 Å². The number of hydrogen-bond donors (Lipinski definition) is 2. The van der Waals surface area contributed by atoms with Crippen LogP contribution in [-0.4, -0.2) is 30.3 Å². The van der Waals surface area contributed by atoms with Gasteiger partial charge in [-0.05, 0) is 43.4 Å². The maximum Gasteiger partial charge on any atom is 0.146 e. The van der Waals surface area contributed by atoms with Crippen LogP contribution in [0.2, 0.25) is 0 Å². The van der Waals surface area contributed by atoms with Crippen molar-refractivity contribution in [1.82, 2.24) is 5.32 Å². The predicted octanol–water partition coefficient (Wildman–Crippen LogP) is 2.43. The first-order valence-corrected chi connectivity index (χ1v) is 7.67. The Morgan fingerprint density at radius 2 is 1.95 bits per heavy atom. The van der Waals surface area contributed by atoms with Crippen molar-refractivity contribution in [2.75, 3.05) is 18.0 Å². The summed E-state index contributed by atoms with van der Waals surface area (Å²) in [4.78, 5) is 2.03. The largest absolute Gasteiger partial charge is 0.393 e. The number of aliphatic hydroxyl groups is 1. The molecule has 110 valence electrons. The summed E-state index contributed by atoms with van der Waals surface area (Å²) in [6.07, 6.45) is 5.04. The molecule has 0 aromatic heterocycles. The molecule has 1 aliphatic carbocycles. The average molecular weight is 278 g/mol. The topological polar surface area (TPSA) is 35.5 Å². The third kappa shape index (κ3) is 3.13. The van der Waals surface area contributed by atoms with Gasteiger partial charge in [0.15, 0.2) is 0 Å². The van der Waals surface area contributed by atoms with Gasteiger partial charge < -0.3 is 15.3 Å². The van der Waals surface area contributed by atoms with Crippen LogP contribution in [0.25, 0.3) is 0 Å². The van der Waals surface area contributed by atoms with Crippen molar-refractivity contribution in [2.24, 2.45) is 0 Å². The standard InChI is InChI=1S/C16H23FN2O/c17-15-10-12(11-18-13-2-1-3-13)4-5-16(15)19-8-6-14(20)7-9-19/h4-5,10,13-14,18,20H,1-3,6-9,11H2. The van der Waals surface area contributed by atoms with Crippen LogP contribution in [0.4, 0.5) is 10.1 Å². The molecule has 0 bridgehead atoms. The van der Waals surface area contributed by atoms with E-state index >= 15 is 0 Å². The fourth-order valence-corrected chi connectivity index (χ4v) is 2.90. The highest BCUT2D eigenvalue weighted by Gasteiger charge is 2.20. The zero-order valence-corrected chi connectivity index (χ0v) is 11.8. The molecule has 1 saturated heterocycles. The number of nitrogens with zero attached hydrogens (tertiary/aromatic N) is 1. The van der Waals surface area contributed by atoms with E-state index in [9.17, 15) is 9.50 Å². The normalized spacial score (nSPS) is 21.0. The maximum absolute atomic E-state index is 14.2. The lowest BCUT2D eigenvalue weighted by Gasteiger charge is -2.32. The Balaban J connectivity index is 1.61. The molecule has 20 heavy (non-hydrogen) atoms. The van der Waals surface area contributed by atoms with Crippen LogP contribution in [0.15, 0.2) is 18.2 Å². The first kappa shape index (κ1) is 13.8. The van der Waals surface area contributed by atoms with Crippen LogP contribution in [0.3, 0.4) is 0 Å². The van der Waals surface area contributed by atoms with Crippen molar-refractivity contribution in [3.8, 4) is 0 Å². The first-order valence-electron chi connectivity index (χ1n) is 7.67. The molecular formula is C16H23FN2O. The monoisotopic (exact) mass is 278 g/mol. The molecule has 0 amide bonds. The second-order valence-electron chi connectivity index (χ2n) is 6.01. The molecule has 1 heterocycles. The van der Waals surface area contributed by atoms with E-state index in [0.29, 0.717) is 11.7 Å². The molecule has 1 aromatic rings. The van der Waals surface area contributed by atoms with Gasteiger partial charge in [0, 0.05) is 25.7 Å². The van der Waals surface area contributed by atoms with Crippen molar-refractivity contribution in [2.45, 2.75) is 50.8 Å². The molecule has 0 atom stereocenters. The fourth-order valence-electron chi connectivity index (χ4n) is 2.90.